The fourth-order valence-corrected chi connectivity index (χ4v) is 1.60. The van der Waals surface area contributed by atoms with E-state index in [0.717, 1.165) is 5.76 Å². The van der Waals surface area contributed by atoms with Crippen molar-refractivity contribution >= 4 is 17.3 Å². The molecule has 2 rings (SSSR count). The van der Waals surface area contributed by atoms with Crippen LogP contribution in [-0.2, 0) is 6.54 Å². The van der Waals surface area contributed by atoms with E-state index < -0.39 is 0 Å². The van der Waals surface area contributed by atoms with Crippen molar-refractivity contribution in [3.05, 3.63) is 52.9 Å². The Bertz CT molecular complexity index is 514. The lowest BCUT2D eigenvalue weighted by atomic mass is 10.2. The van der Waals surface area contributed by atoms with E-state index >= 15 is 0 Å². The van der Waals surface area contributed by atoms with Crippen LogP contribution in [0.4, 0.5) is 5.69 Å². The van der Waals surface area contributed by atoms with Crippen LogP contribution < -0.4 is 5.32 Å². The van der Waals surface area contributed by atoms with Gasteiger partial charge in [-0.3, -0.25) is 0 Å². The molecule has 0 aliphatic carbocycles. The first-order valence-electron chi connectivity index (χ1n) is 4.76. The molecule has 0 aliphatic rings. The van der Waals surface area contributed by atoms with Crippen LogP contribution in [0.1, 0.15) is 11.3 Å². The van der Waals surface area contributed by atoms with Gasteiger partial charge in [0.25, 0.3) is 0 Å². The maximum Gasteiger partial charge on any atom is 0.122 e. The predicted octanol–water partition coefficient (Wildman–Crippen LogP) is 3.42. The maximum atomic E-state index is 8.96. The Labute approximate surface area is 98.3 Å². The molecule has 16 heavy (non-hydrogen) atoms. The Hall–Kier alpha value is -1.92. The number of furan rings is 1. The van der Waals surface area contributed by atoms with Gasteiger partial charge in [-0.1, -0.05) is 17.7 Å². The van der Waals surface area contributed by atoms with E-state index in [4.69, 9.17) is 21.3 Å². The quantitative estimate of drug-likeness (QED) is 0.882. The third-order valence-electron chi connectivity index (χ3n) is 2.16. The van der Waals surface area contributed by atoms with Crippen LogP contribution in [-0.4, -0.2) is 0 Å². The molecule has 0 fully saturated rings. The summed E-state index contributed by atoms with van der Waals surface area (Å²) >= 11 is 5.90. The molecule has 0 aliphatic heterocycles. The fraction of sp³-hybridized carbons (Fsp3) is 0.0833. The zero-order valence-corrected chi connectivity index (χ0v) is 9.16. The van der Waals surface area contributed by atoms with E-state index in [-0.39, 0.29) is 0 Å². The molecule has 2 aromatic rings. The predicted molar refractivity (Wildman–Crippen MR) is 62.2 cm³/mol. The van der Waals surface area contributed by atoms with Gasteiger partial charge in [-0.05, 0) is 24.3 Å². The molecule has 3 nitrogen and oxygen atoms in total. The number of halogens is 1. The zero-order valence-electron chi connectivity index (χ0n) is 8.40. The molecule has 1 N–H and O–H groups in total. The van der Waals surface area contributed by atoms with Crippen LogP contribution in [0.2, 0.25) is 5.02 Å². The van der Waals surface area contributed by atoms with Gasteiger partial charge in [-0.15, -0.1) is 0 Å². The normalized spacial score (nSPS) is 9.75. The molecule has 80 valence electrons. The first kappa shape index (κ1) is 10.6. The number of rotatable bonds is 3. The Morgan fingerprint density at radius 1 is 1.31 bits per heavy atom. The smallest absolute Gasteiger partial charge is 0.122 e. The first-order valence-corrected chi connectivity index (χ1v) is 5.14. The zero-order chi connectivity index (χ0) is 11.4. The topological polar surface area (TPSA) is 49.0 Å². The second-order valence-electron chi connectivity index (χ2n) is 3.21. The molecular formula is C12H9ClN2O. The SMILES string of the molecule is N#Cc1c(Cl)cccc1NCc1ccco1. The lowest BCUT2D eigenvalue weighted by Crippen LogP contribution is -2.00. The number of anilines is 1. The minimum Gasteiger partial charge on any atom is -0.467 e. The van der Waals surface area contributed by atoms with Gasteiger partial charge in [0.2, 0.25) is 0 Å². The molecule has 0 radical (unpaired) electrons. The summed E-state index contributed by atoms with van der Waals surface area (Å²) in [6.07, 6.45) is 1.61. The summed E-state index contributed by atoms with van der Waals surface area (Å²) in [5, 5.41) is 12.5. The second-order valence-corrected chi connectivity index (χ2v) is 3.61. The number of benzene rings is 1. The third kappa shape index (κ3) is 2.18. The fourth-order valence-electron chi connectivity index (χ4n) is 1.38. The lowest BCUT2D eigenvalue weighted by molar-refractivity contribution is 0.518. The van der Waals surface area contributed by atoms with Crippen molar-refractivity contribution in [2.45, 2.75) is 6.54 Å². The lowest BCUT2D eigenvalue weighted by Gasteiger charge is -2.07. The Kier molecular flexibility index (Phi) is 3.13. The highest BCUT2D eigenvalue weighted by Gasteiger charge is 2.05. The summed E-state index contributed by atoms with van der Waals surface area (Å²) in [6.45, 7) is 0.530. The Morgan fingerprint density at radius 2 is 2.19 bits per heavy atom. The van der Waals surface area contributed by atoms with Crippen LogP contribution in [0.25, 0.3) is 0 Å². The first-order chi connectivity index (χ1) is 7.81. The molecule has 1 aromatic carbocycles. The minimum absolute atomic E-state index is 0.451. The molecule has 1 aromatic heterocycles. The van der Waals surface area contributed by atoms with E-state index in [0.29, 0.717) is 22.8 Å². The van der Waals surface area contributed by atoms with Gasteiger partial charge >= 0.3 is 0 Å². The van der Waals surface area contributed by atoms with Gasteiger partial charge in [0.05, 0.1) is 29.1 Å². The number of nitrogens with zero attached hydrogens (tertiary/aromatic N) is 1. The number of nitriles is 1. The number of nitrogens with one attached hydrogen (secondary N) is 1. The molecule has 0 unspecified atom stereocenters. The van der Waals surface area contributed by atoms with Crippen LogP contribution in [0.3, 0.4) is 0 Å². The van der Waals surface area contributed by atoms with Crippen molar-refractivity contribution < 1.29 is 4.42 Å². The summed E-state index contributed by atoms with van der Waals surface area (Å²) in [4.78, 5) is 0. The van der Waals surface area contributed by atoms with Crippen LogP contribution in [0.5, 0.6) is 0 Å². The van der Waals surface area contributed by atoms with Crippen molar-refractivity contribution in [2.75, 3.05) is 5.32 Å². The molecule has 0 saturated heterocycles. The van der Waals surface area contributed by atoms with Crippen molar-refractivity contribution in [1.29, 1.82) is 5.26 Å². The summed E-state index contributed by atoms with van der Waals surface area (Å²) in [6, 6.07) is 11.1. The molecular weight excluding hydrogens is 224 g/mol. The average molecular weight is 233 g/mol. The molecule has 0 saturated carbocycles. The van der Waals surface area contributed by atoms with Gasteiger partial charge in [0.1, 0.15) is 11.8 Å². The van der Waals surface area contributed by atoms with Gasteiger partial charge in [-0.25, -0.2) is 0 Å². The Morgan fingerprint density at radius 3 is 2.88 bits per heavy atom. The van der Waals surface area contributed by atoms with Crippen LogP contribution in [0, 0.1) is 11.3 Å². The molecule has 1 heterocycles. The van der Waals surface area contributed by atoms with Crippen molar-refractivity contribution in [1.82, 2.24) is 0 Å². The maximum absolute atomic E-state index is 8.96. The molecule has 0 atom stereocenters. The van der Waals surface area contributed by atoms with Gasteiger partial charge < -0.3 is 9.73 Å². The highest BCUT2D eigenvalue weighted by molar-refractivity contribution is 6.32. The number of hydrogen-bond donors (Lipinski definition) is 1. The van der Waals surface area contributed by atoms with Gasteiger partial charge in [0, 0.05) is 0 Å². The van der Waals surface area contributed by atoms with Crippen molar-refractivity contribution in [3.63, 3.8) is 0 Å². The second kappa shape index (κ2) is 4.73. The van der Waals surface area contributed by atoms with Gasteiger partial charge in [-0.2, -0.15) is 5.26 Å². The third-order valence-corrected chi connectivity index (χ3v) is 2.47. The summed E-state index contributed by atoms with van der Waals surface area (Å²) < 4.78 is 5.18. The standard InChI is InChI=1S/C12H9ClN2O/c13-11-4-1-5-12(10(11)7-14)15-8-9-3-2-6-16-9/h1-6,15H,8H2. The molecule has 0 spiro atoms. The Balaban J connectivity index is 2.16. The highest BCUT2D eigenvalue weighted by Crippen LogP contribution is 2.23. The van der Waals surface area contributed by atoms with E-state index in [1.54, 1.807) is 18.4 Å². The monoisotopic (exact) mass is 232 g/mol. The minimum atomic E-state index is 0.451. The van der Waals surface area contributed by atoms with Gasteiger partial charge in [0.15, 0.2) is 0 Å². The summed E-state index contributed by atoms with van der Waals surface area (Å²) in [7, 11) is 0. The summed E-state index contributed by atoms with van der Waals surface area (Å²) in [5.74, 6) is 0.809. The molecule has 0 amide bonds. The van der Waals surface area contributed by atoms with E-state index in [2.05, 4.69) is 11.4 Å². The highest BCUT2D eigenvalue weighted by atomic mass is 35.5. The molecule has 4 heteroatoms. The van der Waals surface area contributed by atoms with Crippen LogP contribution >= 0.6 is 11.6 Å². The molecule has 0 bridgehead atoms. The van der Waals surface area contributed by atoms with E-state index in [1.165, 1.54) is 0 Å². The average Bonchev–Trinajstić information content (AvgIpc) is 2.79. The van der Waals surface area contributed by atoms with Crippen molar-refractivity contribution in [3.8, 4) is 6.07 Å². The summed E-state index contributed by atoms with van der Waals surface area (Å²) in [5.41, 5.74) is 1.17. The largest absolute Gasteiger partial charge is 0.467 e. The van der Waals surface area contributed by atoms with E-state index in [1.807, 2.05) is 18.2 Å². The number of hydrogen-bond acceptors (Lipinski definition) is 3. The van der Waals surface area contributed by atoms with E-state index in [9.17, 15) is 0 Å². The van der Waals surface area contributed by atoms with Crippen LogP contribution in [0.15, 0.2) is 41.0 Å². The van der Waals surface area contributed by atoms with Crippen molar-refractivity contribution in [2.24, 2.45) is 0 Å².